The molecule has 1 aromatic carbocycles. The molecule has 1 aromatic heterocycles. The summed E-state index contributed by atoms with van der Waals surface area (Å²) in [5.41, 5.74) is 0.827. The van der Waals surface area contributed by atoms with Crippen molar-refractivity contribution in [3.05, 3.63) is 48.3 Å². The van der Waals surface area contributed by atoms with Gasteiger partial charge in [-0.15, -0.1) is 16.8 Å². The summed E-state index contributed by atoms with van der Waals surface area (Å²) in [6, 6.07) is 7.44. The van der Waals surface area contributed by atoms with E-state index < -0.39 is 6.10 Å². The lowest BCUT2D eigenvalue weighted by molar-refractivity contribution is 0.203. The number of ether oxygens (including phenoxy) is 1. The minimum atomic E-state index is -0.584. The number of thioether (sulfide) groups is 1. The number of aryl methyl sites for hydroxylation is 1. The highest BCUT2D eigenvalue weighted by atomic mass is 32.2. The first-order valence-corrected chi connectivity index (χ1v) is 7.59. The number of allylic oxidation sites excluding steroid dienone is 1. The lowest BCUT2D eigenvalue weighted by Gasteiger charge is -2.12. The van der Waals surface area contributed by atoms with Crippen LogP contribution in [0.15, 0.2) is 42.1 Å². The smallest absolute Gasteiger partial charge is 0.191 e. The maximum atomic E-state index is 10.3. The van der Waals surface area contributed by atoms with Gasteiger partial charge in [0, 0.05) is 12.3 Å². The average molecular weight is 305 g/mol. The Balaban J connectivity index is 2.03. The van der Waals surface area contributed by atoms with Crippen molar-refractivity contribution in [1.29, 1.82) is 0 Å². The van der Waals surface area contributed by atoms with Gasteiger partial charge in [-0.25, -0.2) is 0 Å². The first-order valence-electron chi connectivity index (χ1n) is 6.61. The number of methoxy groups -OCH3 is 1. The molecule has 2 rings (SSSR count). The van der Waals surface area contributed by atoms with Gasteiger partial charge in [-0.05, 0) is 24.6 Å². The van der Waals surface area contributed by atoms with Crippen LogP contribution in [0.25, 0.3) is 0 Å². The molecule has 1 atom stereocenters. The second-order valence-electron chi connectivity index (χ2n) is 4.53. The molecule has 0 bridgehead atoms. The highest BCUT2D eigenvalue weighted by Crippen LogP contribution is 2.26. The summed E-state index contributed by atoms with van der Waals surface area (Å²) in [4.78, 5) is 0. The van der Waals surface area contributed by atoms with Gasteiger partial charge in [0.25, 0.3) is 0 Å². The van der Waals surface area contributed by atoms with Crippen molar-refractivity contribution in [3.63, 3.8) is 0 Å². The predicted molar refractivity (Wildman–Crippen MR) is 83.6 cm³/mol. The van der Waals surface area contributed by atoms with Crippen LogP contribution in [0.5, 0.6) is 5.75 Å². The average Bonchev–Trinajstić information content (AvgIpc) is 2.86. The van der Waals surface area contributed by atoms with Crippen LogP contribution in [0.2, 0.25) is 0 Å². The van der Waals surface area contributed by atoms with E-state index in [2.05, 4.69) is 16.8 Å². The molecule has 0 saturated heterocycles. The summed E-state index contributed by atoms with van der Waals surface area (Å²) in [5.74, 6) is 2.08. The van der Waals surface area contributed by atoms with Gasteiger partial charge in [0.05, 0.1) is 13.2 Å². The molecule has 1 N–H and O–H groups in total. The molecule has 0 fully saturated rings. The molecule has 112 valence electrons. The van der Waals surface area contributed by atoms with Gasteiger partial charge in [-0.3, -0.25) is 0 Å². The Morgan fingerprint density at radius 2 is 2.29 bits per heavy atom. The zero-order chi connectivity index (χ0) is 15.2. The minimum absolute atomic E-state index is 0.502. The van der Waals surface area contributed by atoms with E-state index in [0.717, 1.165) is 22.3 Å². The van der Waals surface area contributed by atoms with E-state index in [-0.39, 0.29) is 0 Å². The zero-order valence-electron chi connectivity index (χ0n) is 12.2. The van der Waals surface area contributed by atoms with Gasteiger partial charge < -0.3 is 14.4 Å². The Labute approximate surface area is 128 Å². The summed E-state index contributed by atoms with van der Waals surface area (Å²) in [6.45, 7) is 6.30. The number of hydrogen-bond acceptors (Lipinski definition) is 5. The highest BCUT2D eigenvalue weighted by molar-refractivity contribution is 7.99. The van der Waals surface area contributed by atoms with Crippen LogP contribution < -0.4 is 4.74 Å². The van der Waals surface area contributed by atoms with Crippen molar-refractivity contribution in [2.45, 2.75) is 24.7 Å². The van der Waals surface area contributed by atoms with Gasteiger partial charge in [-0.2, -0.15) is 0 Å². The van der Waals surface area contributed by atoms with Gasteiger partial charge >= 0.3 is 0 Å². The molecule has 0 aliphatic carbocycles. The third-order valence-corrected chi connectivity index (χ3v) is 4.10. The number of aliphatic hydroxyl groups is 1. The van der Waals surface area contributed by atoms with E-state index in [9.17, 15) is 5.11 Å². The topological polar surface area (TPSA) is 60.2 Å². The molecule has 1 unspecified atom stereocenters. The maximum Gasteiger partial charge on any atom is 0.191 e. The van der Waals surface area contributed by atoms with Crippen LogP contribution >= 0.6 is 11.8 Å². The van der Waals surface area contributed by atoms with Gasteiger partial charge in [0.15, 0.2) is 5.16 Å². The van der Waals surface area contributed by atoms with Gasteiger partial charge in [0.1, 0.15) is 11.6 Å². The van der Waals surface area contributed by atoms with Crippen molar-refractivity contribution in [2.24, 2.45) is 0 Å². The number of aromatic nitrogens is 3. The van der Waals surface area contributed by atoms with E-state index in [0.29, 0.717) is 12.3 Å². The molecular formula is C15H19N3O2S. The minimum Gasteiger partial charge on any atom is -0.497 e. The summed E-state index contributed by atoms with van der Waals surface area (Å²) >= 11 is 1.47. The third kappa shape index (κ3) is 3.86. The molecule has 0 aliphatic rings. The second-order valence-corrected chi connectivity index (χ2v) is 5.52. The van der Waals surface area contributed by atoms with Crippen molar-refractivity contribution in [1.82, 2.24) is 14.8 Å². The summed E-state index contributed by atoms with van der Waals surface area (Å²) < 4.78 is 7.13. The van der Waals surface area contributed by atoms with E-state index in [4.69, 9.17) is 4.74 Å². The lowest BCUT2D eigenvalue weighted by atomic mass is 10.1. The lowest BCUT2D eigenvalue weighted by Crippen LogP contribution is -2.04. The summed E-state index contributed by atoms with van der Waals surface area (Å²) in [6.07, 6.45) is 1.22. The van der Waals surface area contributed by atoms with Crippen molar-refractivity contribution in [2.75, 3.05) is 12.9 Å². The standard InChI is InChI=1S/C15H19N3O2S/c1-4-8-18-11(2)16-17-15(18)21-10-14(19)12-6-5-7-13(9-12)20-3/h4-7,9,14,19H,1,8,10H2,2-3H3. The van der Waals surface area contributed by atoms with Crippen molar-refractivity contribution < 1.29 is 9.84 Å². The van der Waals surface area contributed by atoms with Gasteiger partial charge in [-0.1, -0.05) is 30.0 Å². The number of rotatable bonds is 7. The normalized spacial score (nSPS) is 12.1. The molecule has 2 aromatic rings. The van der Waals surface area contributed by atoms with E-state index in [1.165, 1.54) is 11.8 Å². The first kappa shape index (κ1) is 15.6. The second kappa shape index (κ2) is 7.28. The highest BCUT2D eigenvalue weighted by Gasteiger charge is 2.13. The quantitative estimate of drug-likeness (QED) is 0.629. The third-order valence-electron chi connectivity index (χ3n) is 3.06. The molecule has 0 spiro atoms. The van der Waals surface area contributed by atoms with Crippen molar-refractivity contribution in [3.8, 4) is 5.75 Å². The maximum absolute atomic E-state index is 10.3. The summed E-state index contributed by atoms with van der Waals surface area (Å²) in [5, 5.41) is 19.2. The number of aliphatic hydroxyl groups excluding tert-OH is 1. The Kier molecular flexibility index (Phi) is 5.41. The monoisotopic (exact) mass is 305 g/mol. The largest absolute Gasteiger partial charge is 0.497 e. The first-order chi connectivity index (χ1) is 10.2. The molecule has 21 heavy (non-hydrogen) atoms. The molecule has 1 heterocycles. The summed E-state index contributed by atoms with van der Waals surface area (Å²) in [7, 11) is 1.61. The van der Waals surface area contributed by atoms with E-state index in [1.807, 2.05) is 35.8 Å². The van der Waals surface area contributed by atoms with E-state index >= 15 is 0 Å². The number of nitrogens with zero attached hydrogens (tertiary/aromatic N) is 3. The molecule has 5 nitrogen and oxygen atoms in total. The number of benzene rings is 1. The Morgan fingerprint density at radius 3 is 3.00 bits per heavy atom. The fourth-order valence-corrected chi connectivity index (χ4v) is 2.87. The van der Waals surface area contributed by atoms with Crippen molar-refractivity contribution >= 4 is 11.8 Å². The van der Waals surface area contributed by atoms with Gasteiger partial charge in [0.2, 0.25) is 0 Å². The number of hydrogen-bond donors (Lipinski definition) is 1. The SMILES string of the molecule is C=CCn1c(C)nnc1SCC(O)c1cccc(OC)c1. The predicted octanol–water partition coefficient (Wildman–Crippen LogP) is 2.61. The van der Waals surface area contributed by atoms with Crippen LogP contribution in [0, 0.1) is 6.92 Å². The van der Waals surface area contributed by atoms with Crippen LogP contribution in [0.1, 0.15) is 17.5 Å². The van der Waals surface area contributed by atoms with Crippen LogP contribution in [-0.2, 0) is 6.54 Å². The van der Waals surface area contributed by atoms with E-state index in [1.54, 1.807) is 13.2 Å². The van der Waals surface area contributed by atoms with Crippen LogP contribution in [0.4, 0.5) is 0 Å². The fraction of sp³-hybridized carbons (Fsp3) is 0.333. The molecule has 0 aliphatic heterocycles. The Bertz CT molecular complexity index is 613. The van der Waals surface area contributed by atoms with Crippen LogP contribution in [-0.4, -0.2) is 32.7 Å². The van der Waals surface area contributed by atoms with Crippen LogP contribution in [0.3, 0.4) is 0 Å². The fourth-order valence-electron chi connectivity index (χ4n) is 1.91. The molecule has 0 saturated carbocycles. The molecule has 6 heteroatoms. The molecular weight excluding hydrogens is 286 g/mol. The molecule has 0 amide bonds. The zero-order valence-corrected chi connectivity index (χ0v) is 13.0. The Morgan fingerprint density at radius 1 is 1.48 bits per heavy atom. The molecule has 0 radical (unpaired) electrons. The Hall–Kier alpha value is -1.79.